The average Bonchev–Trinajstić information content (AvgIpc) is 2.48. The molecule has 1 N–H and O–H groups in total. The highest BCUT2D eigenvalue weighted by atomic mass is 19.3. The largest absolute Gasteiger partial charge is 0.333 e. The molecule has 22 heavy (non-hydrogen) atoms. The molecular weight excluding hydrogens is 290 g/mol. The Hall–Kier alpha value is -2.76. The zero-order chi connectivity index (χ0) is 16.3. The van der Waals surface area contributed by atoms with Gasteiger partial charge in [0.1, 0.15) is 5.69 Å². The Bertz CT molecular complexity index is 820. The molecule has 0 saturated carbocycles. The van der Waals surface area contributed by atoms with E-state index in [9.17, 15) is 18.4 Å². The number of benzene rings is 1. The number of hydrogen-bond acceptors (Lipinski definition) is 2. The lowest BCUT2D eigenvalue weighted by Gasteiger charge is -2.17. The number of aromatic amines is 1. The smallest absolute Gasteiger partial charge is 0.305 e. The van der Waals surface area contributed by atoms with Crippen LogP contribution >= 0.6 is 0 Å². The second-order valence-corrected chi connectivity index (χ2v) is 4.60. The van der Waals surface area contributed by atoms with Gasteiger partial charge in [-0.3, -0.25) is 4.79 Å². The highest BCUT2D eigenvalue weighted by Gasteiger charge is 2.35. The third-order valence-electron chi connectivity index (χ3n) is 3.12. The van der Waals surface area contributed by atoms with Crippen LogP contribution in [0.25, 0.3) is 11.8 Å². The van der Waals surface area contributed by atoms with Crippen molar-refractivity contribution in [3.63, 3.8) is 0 Å². The molecule has 2 aromatic rings. The van der Waals surface area contributed by atoms with E-state index in [0.29, 0.717) is 0 Å². The lowest BCUT2D eigenvalue weighted by molar-refractivity contribution is -0.00623. The number of halogens is 2. The van der Waals surface area contributed by atoms with E-state index in [1.54, 1.807) is 18.2 Å². The van der Waals surface area contributed by atoms with Crippen LogP contribution in [0.4, 0.5) is 8.78 Å². The fourth-order valence-corrected chi connectivity index (χ4v) is 2.12. The molecule has 6 heteroatoms. The van der Waals surface area contributed by atoms with Crippen LogP contribution in [0, 0.1) is 0 Å². The molecule has 0 aliphatic carbocycles. The number of aromatic nitrogens is 2. The first kappa shape index (κ1) is 15.6. The van der Waals surface area contributed by atoms with Crippen molar-refractivity contribution in [1.82, 2.24) is 9.55 Å². The van der Waals surface area contributed by atoms with Gasteiger partial charge in [0.05, 0.1) is 11.3 Å². The first-order valence-corrected chi connectivity index (χ1v) is 6.48. The van der Waals surface area contributed by atoms with Gasteiger partial charge >= 0.3 is 5.69 Å². The van der Waals surface area contributed by atoms with E-state index in [1.807, 2.05) is 0 Å². The summed E-state index contributed by atoms with van der Waals surface area (Å²) in [6.45, 7) is 6.65. The minimum Gasteiger partial charge on any atom is -0.305 e. The number of allylic oxidation sites excluding steroid dienone is 1. The zero-order valence-corrected chi connectivity index (χ0v) is 11.7. The van der Waals surface area contributed by atoms with Crippen LogP contribution in [0.3, 0.4) is 0 Å². The summed E-state index contributed by atoms with van der Waals surface area (Å²) < 4.78 is 28.9. The van der Waals surface area contributed by atoms with Crippen LogP contribution < -0.4 is 11.2 Å². The molecule has 0 unspecified atom stereocenters. The van der Waals surface area contributed by atoms with Gasteiger partial charge in [-0.15, -0.1) is 6.58 Å². The second-order valence-electron chi connectivity index (χ2n) is 4.60. The van der Waals surface area contributed by atoms with Crippen molar-refractivity contribution in [3.05, 3.63) is 81.7 Å². The number of nitrogens with one attached hydrogen (secondary N) is 1. The van der Waals surface area contributed by atoms with Crippen LogP contribution in [0.2, 0.25) is 0 Å². The Kier molecular flexibility index (Phi) is 4.21. The molecule has 0 aliphatic rings. The molecule has 1 aromatic carbocycles. The normalized spacial score (nSPS) is 11.2. The Morgan fingerprint density at radius 2 is 1.82 bits per heavy atom. The van der Waals surface area contributed by atoms with Crippen LogP contribution in [-0.2, 0) is 5.92 Å². The minimum atomic E-state index is -3.40. The van der Waals surface area contributed by atoms with Crippen molar-refractivity contribution in [2.45, 2.75) is 12.3 Å². The molecule has 0 radical (unpaired) electrons. The Balaban J connectivity index is 2.79. The molecule has 4 nitrogen and oxygen atoms in total. The maximum Gasteiger partial charge on any atom is 0.333 e. The summed E-state index contributed by atoms with van der Waals surface area (Å²) in [6, 6.07) is 8.05. The molecule has 2 rings (SSSR count). The maximum absolute atomic E-state index is 14.1. The van der Waals surface area contributed by atoms with Gasteiger partial charge in [-0.05, 0) is 12.1 Å². The molecule has 0 saturated heterocycles. The predicted octanol–water partition coefficient (Wildman–Crippen LogP) is 2.84. The monoisotopic (exact) mass is 304 g/mol. The van der Waals surface area contributed by atoms with Gasteiger partial charge in [-0.2, -0.15) is 8.78 Å². The Morgan fingerprint density at radius 1 is 1.18 bits per heavy atom. The minimum absolute atomic E-state index is 0.287. The number of H-pyrrole nitrogens is 1. The molecule has 0 bridgehead atoms. The number of para-hydroxylation sites is 1. The molecule has 0 amide bonds. The van der Waals surface area contributed by atoms with E-state index < -0.39 is 29.3 Å². The average molecular weight is 304 g/mol. The van der Waals surface area contributed by atoms with Gasteiger partial charge in [0.25, 0.3) is 11.5 Å². The number of rotatable bonds is 5. The summed E-state index contributed by atoms with van der Waals surface area (Å²) in [5, 5.41) is 0. The topological polar surface area (TPSA) is 54.9 Å². The van der Waals surface area contributed by atoms with E-state index in [-0.39, 0.29) is 11.3 Å². The van der Waals surface area contributed by atoms with Gasteiger partial charge in [-0.1, -0.05) is 36.9 Å². The van der Waals surface area contributed by atoms with Gasteiger partial charge in [0, 0.05) is 6.42 Å². The van der Waals surface area contributed by atoms with Crippen molar-refractivity contribution in [2.75, 3.05) is 0 Å². The molecule has 0 aliphatic heterocycles. The summed E-state index contributed by atoms with van der Waals surface area (Å²) in [4.78, 5) is 26.6. The third kappa shape index (κ3) is 2.67. The molecule has 1 aromatic heterocycles. The molecule has 114 valence electrons. The fraction of sp³-hybridized carbons (Fsp3) is 0.125. The van der Waals surface area contributed by atoms with E-state index in [2.05, 4.69) is 18.1 Å². The maximum atomic E-state index is 14.1. The lowest BCUT2D eigenvalue weighted by Crippen LogP contribution is -2.39. The van der Waals surface area contributed by atoms with Gasteiger partial charge < -0.3 is 4.98 Å². The van der Waals surface area contributed by atoms with Crippen LogP contribution in [0.15, 0.2) is 59.2 Å². The second kappa shape index (κ2) is 5.93. The van der Waals surface area contributed by atoms with Crippen LogP contribution in [0.5, 0.6) is 0 Å². The van der Waals surface area contributed by atoms with Crippen LogP contribution in [-0.4, -0.2) is 9.55 Å². The van der Waals surface area contributed by atoms with Crippen molar-refractivity contribution in [2.24, 2.45) is 0 Å². The quantitative estimate of drug-likeness (QED) is 0.864. The highest BCUT2D eigenvalue weighted by molar-refractivity contribution is 5.51. The van der Waals surface area contributed by atoms with E-state index in [1.165, 1.54) is 12.1 Å². The molecule has 0 spiro atoms. The summed E-state index contributed by atoms with van der Waals surface area (Å²) in [6.07, 6.45) is 1.34. The zero-order valence-electron chi connectivity index (χ0n) is 11.7. The van der Waals surface area contributed by atoms with Crippen molar-refractivity contribution < 1.29 is 8.78 Å². The van der Waals surface area contributed by atoms with Crippen molar-refractivity contribution in [3.8, 4) is 5.69 Å². The van der Waals surface area contributed by atoms with E-state index in [0.717, 1.165) is 16.7 Å². The number of nitrogens with zero attached hydrogens (tertiary/aromatic N) is 1. The first-order valence-electron chi connectivity index (χ1n) is 6.48. The molecule has 1 heterocycles. The van der Waals surface area contributed by atoms with E-state index in [4.69, 9.17) is 0 Å². The van der Waals surface area contributed by atoms with Gasteiger partial charge in [0.2, 0.25) is 0 Å². The summed E-state index contributed by atoms with van der Waals surface area (Å²) in [7, 11) is 0. The molecule has 0 fully saturated rings. The van der Waals surface area contributed by atoms with Crippen LogP contribution in [0.1, 0.15) is 17.7 Å². The first-order chi connectivity index (χ1) is 10.4. The summed E-state index contributed by atoms with van der Waals surface area (Å²) in [5.74, 6) is -3.40. The number of alkyl halides is 2. The standard InChI is InChI=1S/C16H14F2N2O2/c1-3-10-16(17,18)13-12(4-2)14(21)20(15(22)19-13)11-8-6-5-7-9-11/h3-9H,1-2,10H2,(H,19,22). The molecule has 0 atom stereocenters. The predicted molar refractivity (Wildman–Crippen MR) is 81.5 cm³/mol. The molecular formula is C16H14F2N2O2. The SMILES string of the molecule is C=CCC(F)(F)c1[nH]c(=O)n(-c2ccccc2)c(=O)c1C=C. The van der Waals surface area contributed by atoms with Gasteiger partial charge in [0.15, 0.2) is 0 Å². The van der Waals surface area contributed by atoms with Crippen molar-refractivity contribution in [1.29, 1.82) is 0 Å². The van der Waals surface area contributed by atoms with Crippen molar-refractivity contribution >= 4 is 6.08 Å². The third-order valence-corrected chi connectivity index (χ3v) is 3.12. The Labute approximate surface area is 125 Å². The Morgan fingerprint density at radius 3 is 2.36 bits per heavy atom. The summed E-state index contributed by atoms with van der Waals surface area (Å²) in [5.41, 5.74) is -2.57. The lowest BCUT2D eigenvalue weighted by atomic mass is 10.1. The van der Waals surface area contributed by atoms with E-state index >= 15 is 0 Å². The summed E-state index contributed by atoms with van der Waals surface area (Å²) >= 11 is 0. The van der Waals surface area contributed by atoms with Gasteiger partial charge in [-0.25, -0.2) is 9.36 Å². The highest BCUT2D eigenvalue weighted by Crippen LogP contribution is 2.31. The number of hydrogen-bond donors (Lipinski definition) is 1. The fourth-order valence-electron chi connectivity index (χ4n) is 2.12.